The Bertz CT molecular complexity index is 334. The van der Waals surface area contributed by atoms with Crippen LogP contribution in [0.3, 0.4) is 0 Å². The standard InChI is InChI=1S/C8H7Br2F3O2S/c9-4-1-6(16-7(4)10)5(14)2-15-3-8(11,12)13/h1,5,14H,2-3H2. The second-order valence-corrected chi connectivity index (χ2v) is 6.17. The topological polar surface area (TPSA) is 29.5 Å². The van der Waals surface area contributed by atoms with Crippen LogP contribution in [0.5, 0.6) is 0 Å². The predicted octanol–water partition coefficient (Wildman–Crippen LogP) is 3.89. The van der Waals surface area contributed by atoms with Crippen molar-refractivity contribution in [3.05, 3.63) is 19.2 Å². The third-order valence-corrected chi connectivity index (χ3v) is 4.89. The fourth-order valence-electron chi connectivity index (χ4n) is 0.896. The van der Waals surface area contributed by atoms with E-state index in [0.717, 1.165) is 8.26 Å². The Morgan fingerprint density at radius 1 is 1.44 bits per heavy atom. The first-order valence-electron chi connectivity index (χ1n) is 4.07. The summed E-state index contributed by atoms with van der Waals surface area (Å²) >= 11 is 7.68. The molecular weight excluding hydrogens is 377 g/mol. The fourth-order valence-corrected chi connectivity index (χ4v) is 2.96. The van der Waals surface area contributed by atoms with Crippen molar-refractivity contribution in [2.24, 2.45) is 0 Å². The second kappa shape index (κ2) is 5.81. The maximum Gasteiger partial charge on any atom is 0.411 e. The van der Waals surface area contributed by atoms with E-state index >= 15 is 0 Å². The molecule has 0 saturated carbocycles. The second-order valence-electron chi connectivity index (χ2n) is 2.92. The third kappa shape index (κ3) is 4.70. The number of alkyl halides is 3. The van der Waals surface area contributed by atoms with Gasteiger partial charge in [0.15, 0.2) is 0 Å². The molecule has 0 amide bonds. The normalized spacial score (nSPS) is 14.1. The van der Waals surface area contributed by atoms with Crippen LogP contribution in [0.2, 0.25) is 0 Å². The van der Waals surface area contributed by atoms with Crippen LogP contribution in [0.25, 0.3) is 0 Å². The Balaban J connectivity index is 2.44. The van der Waals surface area contributed by atoms with Crippen molar-refractivity contribution < 1.29 is 23.0 Å². The minimum Gasteiger partial charge on any atom is -0.385 e. The van der Waals surface area contributed by atoms with E-state index in [1.54, 1.807) is 6.07 Å². The van der Waals surface area contributed by atoms with E-state index in [1.807, 2.05) is 0 Å². The summed E-state index contributed by atoms with van der Waals surface area (Å²) in [6.45, 7) is -1.73. The molecule has 1 rings (SSSR count). The Hall–Kier alpha value is 0.370. The maximum absolute atomic E-state index is 11.8. The van der Waals surface area contributed by atoms with Gasteiger partial charge in [-0.1, -0.05) is 0 Å². The Morgan fingerprint density at radius 2 is 2.06 bits per heavy atom. The molecule has 0 bridgehead atoms. The van der Waals surface area contributed by atoms with Crippen LogP contribution in [0.15, 0.2) is 14.3 Å². The van der Waals surface area contributed by atoms with E-state index in [4.69, 9.17) is 0 Å². The summed E-state index contributed by atoms with van der Waals surface area (Å²) in [7, 11) is 0. The van der Waals surface area contributed by atoms with Crippen molar-refractivity contribution in [3.8, 4) is 0 Å². The number of aliphatic hydroxyl groups is 1. The summed E-state index contributed by atoms with van der Waals surface area (Å²) in [6.07, 6.45) is -5.41. The molecular formula is C8H7Br2F3O2S. The predicted molar refractivity (Wildman–Crippen MR) is 61.6 cm³/mol. The molecule has 1 N–H and O–H groups in total. The lowest BCUT2D eigenvalue weighted by molar-refractivity contribution is -0.179. The molecule has 92 valence electrons. The van der Waals surface area contributed by atoms with Crippen molar-refractivity contribution >= 4 is 43.2 Å². The van der Waals surface area contributed by atoms with Crippen molar-refractivity contribution in [1.29, 1.82) is 0 Å². The highest BCUT2D eigenvalue weighted by atomic mass is 79.9. The molecule has 0 aliphatic heterocycles. The van der Waals surface area contributed by atoms with Crippen LogP contribution in [0.1, 0.15) is 11.0 Å². The van der Waals surface area contributed by atoms with Crippen molar-refractivity contribution in [1.82, 2.24) is 0 Å². The van der Waals surface area contributed by atoms with Gasteiger partial charge in [0, 0.05) is 9.35 Å². The molecule has 16 heavy (non-hydrogen) atoms. The molecule has 1 atom stereocenters. The number of hydrogen-bond acceptors (Lipinski definition) is 3. The fraction of sp³-hybridized carbons (Fsp3) is 0.500. The average Bonchev–Trinajstić information content (AvgIpc) is 2.45. The highest BCUT2D eigenvalue weighted by Crippen LogP contribution is 2.35. The van der Waals surface area contributed by atoms with Gasteiger partial charge in [0.05, 0.1) is 10.4 Å². The lowest BCUT2D eigenvalue weighted by atomic mass is 10.3. The largest absolute Gasteiger partial charge is 0.411 e. The van der Waals surface area contributed by atoms with Gasteiger partial charge in [-0.3, -0.25) is 0 Å². The van der Waals surface area contributed by atoms with E-state index in [-0.39, 0.29) is 6.61 Å². The molecule has 0 spiro atoms. The SMILES string of the molecule is OC(COCC(F)(F)F)c1cc(Br)c(Br)s1. The summed E-state index contributed by atoms with van der Waals surface area (Å²) in [5.74, 6) is 0. The molecule has 2 nitrogen and oxygen atoms in total. The zero-order valence-corrected chi connectivity index (χ0v) is 11.7. The van der Waals surface area contributed by atoms with E-state index in [9.17, 15) is 18.3 Å². The molecule has 1 heterocycles. The summed E-state index contributed by atoms with van der Waals surface area (Å²) in [4.78, 5) is 0.543. The molecule has 8 heteroatoms. The quantitative estimate of drug-likeness (QED) is 0.854. The Labute approximate surface area is 111 Å². The van der Waals surface area contributed by atoms with Crippen molar-refractivity contribution in [2.45, 2.75) is 12.3 Å². The molecule has 0 aromatic carbocycles. The van der Waals surface area contributed by atoms with Crippen LogP contribution in [-0.4, -0.2) is 24.5 Å². The summed E-state index contributed by atoms with van der Waals surface area (Å²) in [5.41, 5.74) is 0. The number of rotatable bonds is 4. The summed E-state index contributed by atoms with van der Waals surface area (Å²) in [5, 5.41) is 9.53. The Kier molecular flexibility index (Phi) is 5.24. The third-order valence-electron chi connectivity index (χ3n) is 1.53. The van der Waals surface area contributed by atoms with Crippen LogP contribution in [0, 0.1) is 0 Å². The van der Waals surface area contributed by atoms with E-state index in [0.29, 0.717) is 4.88 Å². The number of aliphatic hydroxyl groups excluding tert-OH is 1. The minimum absolute atomic E-state index is 0.376. The zero-order chi connectivity index (χ0) is 12.3. The van der Waals surface area contributed by atoms with E-state index in [2.05, 4.69) is 36.6 Å². The van der Waals surface area contributed by atoms with Crippen LogP contribution >= 0.6 is 43.2 Å². The van der Waals surface area contributed by atoms with Crippen molar-refractivity contribution in [3.63, 3.8) is 0 Å². The van der Waals surface area contributed by atoms with Gasteiger partial charge in [0.25, 0.3) is 0 Å². The van der Waals surface area contributed by atoms with Gasteiger partial charge in [-0.2, -0.15) is 13.2 Å². The monoisotopic (exact) mass is 382 g/mol. The summed E-state index contributed by atoms with van der Waals surface area (Å²) < 4.78 is 41.2. The first kappa shape index (κ1) is 14.4. The van der Waals surface area contributed by atoms with Gasteiger partial charge in [0.1, 0.15) is 12.7 Å². The molecule has 0 saturated heterocycles. The number of hydrogen-bond donors (Lipinski definition) is 1. The van der Waals surface area contributed by atoms with Crippen LogP contribution < -0.4 is 0 Å². The van der Waals surface area contributed by atoms with Gasteiger partial charge >= 0.3 is 6.18 Å². The van der Waals surface area contributed by atoms with Crippen LogP contribution in [0.4, 0.5) is 13.2 Å². The molecule has 0 aliphatic rings. The molecule has 1 unspecified atom stereocenters. The molecule has 1 aromatic heterocycles. The van der Waals surface area contributed by atoms with Gasteiger partial charge < -0.3 is 9.84 Å². The maximum atomic E-state index is 11.8. The molecule has 0 fully saturated rings. The zero-order valence-electron chi connectivity index (χ0n) is 7.72. The van der Waals surface area contributed by atoms with E-state index < -0.39 is 18.9 Å². The lowest BCUT2D eigenvalue weighted by Crippen LogP contribution is -2.19. The van der Waals surface area contributed by atoms with Gasteiger partial charge in [0.2, 0.25) is 0 Å². The smallest absolute Gasteiger partial charge is 0.385 e. The van der Waals surface area contributed by atoms with Gasteiger partial charge in [-0.15, -0.1) is 11.3 Å². The Morgan fingerprint density at radius 3 is 2.50 bits per heavy atom. The lowest BCUT2D eigenvalue weighted by Gasteiger charge is -2.11. The molecule has 0 aliphatic carbocycles. The van der Waals surface area contributed by atoms with Gasteiger partial charge in [-0.05, 0) is 37.9 Å². The molecule has 0 radical (unpaired) electrons. The number of halogens is 5. The first-order chi connectivity index (χ1) is 7.29. The number of ether oxygens (including phenoxy) is 1. The highest BCUT2D eigenvalue weighted by molar-refractivity contribution is 9.13. The average molecular weight is 384 g/mol. The molecule has 1 aromatic rings. The number of thiophene rings is 1. The highest BCUT2D eigenvalue weighted by Gasteiger charge is 2.28. The summed E-state index contributed by atoms with van der Waals surface area (Å²) in [6, 6.07) is 1.64. The van der Waals surface area contributed by atoms with Gasteiger partial charge in [-0.25, -0.2) is 0 Å². The van der Waals surface area contributed by atoms with Crippen LogP contribution in [-0.2, 0) is 4.74 Å². The van der Waals surface area contributed by atoms with Crippen molar-refractivity contribution in [2.75, 3.05) is 13.2 Å². The minimum atomic E-state index is -4.36. The first-order valence-corrected chi connectivity index (χ1v) is 6.47. The van der Waals surface area contributed by atoms with E-state index in [1.165, 1.54) is 11.3 Å².